The summed E-state index contributed by atoms with van der Waals surface area (Å²) in [6.07, 6.45) is 6.83. The van der Waals surface area contributed by atoms with Gasteiger partial charge in [-0.1, -0.05) is 6.92 Å². The van der Waals surface area contributed by atoms with E-state index in [1.807, 2.05) is 11.4 Å². The van der Waals surface area contributed by atoms with Crippen LogP contribution in [0.25, 0.3) is 10.2 Å². The third kappa shape index (κ3) is 2.94. The number of fused-ring (bicyclic) bond motifs is 1. The van der Waals surface area contributed by atoms with Crippen molar-refractivity contribution in [3.63, 3.8) is 0 Å². The van der Waals surface area contributed by atoms with Gasteiger partial charge in [-0.05, 0) is 43.0 Å². The molecule has 0 amide bonds. The lowest BCUT2D eigenvalue weighted by atomic mass is 9.87. The summed E-state index contributed by atoms with van der Waals surface area (Å²) in [5.74, 6) is 0.876. The lowest BCUT2D eigenvalue weighted by molar-refractivity contribution is 0.305. The Morgan fingerprint density at radius 2 is 2.20 bits per heavy atom. The van der Waals surface area contributed by atoms with Crippen LogP contribution in [0.1, 0.15) is 32.6 Å². The second kappa shape index (κ2) is 6.06. The van der Waals surface area contributed by atoms with Crippen LogP contribution in [0.4, 0.5) is 0 Å². The Bertz CT molecular complexity index is 625. The van der Waals surface area contributed by atoms with Gasteiger partial charge in [0.25, 0.3) is 5.56 Å². The highest BCUT2D eigenvalue weighted by molar-refractivity contribution is 7.17. The number of hydrogen-bond donors (Lipinski definition) is 1. The molecule has 1 fully saturated rings. The minimum absolute atomic E-state index is 0.0871. The van der Waals surface area contributed by atoms with Gasteiger partial charge in [-0.25, -0.2) is 4.98 Å². The highest BCUT2D eigenvalue weighted by Gasteiger charge is 2.17. The van der Waals surface area contributed by atoms with Crippen LogP contribution in [-0.2, 0) is 6.54 Å². The summed E-state index contributed by atoms with van der Waals surface area (Å²) in [6.45, 7) is 3.88. The first-order valence-corrected chi connectivity index (χ1v) is 8.28. The van der Waals surface area contributed by atoms with Gasteiger partial charge in [0, 0.05) is 19.1 Å². The predicted molar refractivity (Wildman–Crippen MR) is 83.3 cm³/mol. The van der Waals surface area contributed by atoms with Crippen LogP contribution in [0.15, 0.2) is 22.6 Å². The molecule has 2 heterocycles. The smallest absolute Gasteiger partial charge is 0.271 e. The second-order valence-corrected chi connectivity index (χ2v) is 6.71. The topological polar surface area (TPSA) is 46.9 Å². The molecule has 5 heteroatoms. The second-order valence-electron chi connectivity index (χ2n) is 5.79. The Morgan fingerprint density at radius 1 is 1.40 bits per heavy atom. The number of hydrogen-bond acceptors (Lipinski definition) is 4. The van der Waals surface area contributed by atoms with Crippen LogP contribution in [0, 0.1) is 5.92 Å². The molecule has 4 nitrogen and oxygen atoms in total. The summed E-state index contributed by atoms with van der Waals surface area (Å²) >= 11 is 1.47. The van der Waals surface area contributed by atoms with E-state index >= 15 is 0 Å². The highest BCUT2D eigenvalue weighted by Crippen LogP contribution is 2.23. The minimum atomic E-state index is 0.0871. The first-order chi connectivity index (χ1) is 9.74. The van der Waals surface area contributed by atoms with Gasteiger partial charge in [-0.15, -0.1) is 11.3 Å². The Kier molecular flexibility index (Phi) is 4.17. The molecule has 1 N–H and O–H groups in total. The zero-order valence-corrected chi connectivity index (χ0v) is 12.7. The lowest BCUT2D eigenvalue weighted by Gasteiger charge is -2.27. The van der Waals surface area contributed by atoms with Gasteiger partial charge in [-0.3, -0.25) is 9.36 Å². The van der Waals surface area contributed by atoms with Gasteiger partial charge in [0.15, 0.2) is 0 Å². The standard InChI is InChI=1S/C15H21N3OS/c1-11-2-4-12(5-3-11)16-7-8-18-10-17-13-6-9-20-14(13)15(18)19/h6,9-12,16H,2-5,7-8H2,1H3. The lowest BCUT2D eigenvalue weighted by Crippen LogP contribution is -2.36. The molecule has 0 spiro atoms. The maximum absolute atomic E-state index is 12.2. The summed E-state index contributed by atoms with van der Waals surface area (Å²) in [6, 6.07) is 2.52. The molecule has 0 aromatic carbocycles. The highest BCUT2D eigenvalue weighted by atomic mass is 32.1. The van der Waals surface area contributed by atoms with Gasteiger partial charge >= 0.3 is 0 Å². The number of rotatable bonds is 4. The molecule has 0 radical (unpaired) electrons. The van der Waals surface area contributed by atoms with E-state index in [4.69, 9.17) is 0 Å². The summed E-state index contributed by atoms with van der Waals surface area (Å²) < 4.78 is 2.48. The Labute approximate surface area is 122 Å². The van der Waals surface area contributed by atoms with Crippen molar-refractivity contribution in [3.05, 3.63) is 28.1 Å². The zero-order chi connectivity index (χ0) is 13.9. The van der Waals surface area contributed by atoms with Crippen LogP contribution >= 0.6 is 11.3 Å². The molecule has 1 aliphatic carbocycles. The molecular formula is C15H21N3OS. The monoisotopic (exact) mass is 291 g/mol. The average Bonchev–Trinajstić information content (AvgIpc) is 2.93. The zero-order valence-electron chi connectivity index (χ0n) is 11.8. The average molecular weight is 291 g/mol. The van der Waals surface area contributed by atoms with Crippen molar-refractivity contribution >= 4 is 21.6 Å². The van der Waals surface area contributed by atoms with E-state index in [0.717, 1.165) is 22.7 Å². The van der Waals surface area contributed by atoms with Gasteiger partial charge in [0.1, 0.15) is 4.70 Å². The molecule has 20 heavy (non-hydrogen) atoms. The van der Waals surface area contributed by atoms with Gasteiger partial charge in [0.05, 0.1) is 11.8 Å². The number of aromatic nitrogens is 2. The normalized spacial score (nSPS) is 23.2. The van der Waals surface area contributed by atoms with E-state index in [2.05, 4.69) is 17.2 Å². The van der Waals surface area contributed by atoms with Crippen molar-refractivity contribution in [2.45, 2.75) is 45.2 Å². The maximum Gasteiger partial charge on any atom is 0.271 e. The van der Waals surface area contributed by atoms with E-state index in [0.29, 0.717) is 12.6 Å². The Balaban J connectivity index is 1.57. The van der Waals surface area contributed by atoms with E-state index < -0.39 is 0 Å². The molecule has 0 saturated heterocycles. The van der Waals surface area contributed by atoms with Crippen molar-refractivity contribution in [1.82, 2.24) is 14.9 Å². The van der Waals surface area contributed by atoms with Gasteiger partial charge in [-0.2, -0.15) is 0 Å². The van der Waals surface area contributed by atoms with Crippen LogP contribution in [0.3, 0.4) is 0 Å². The number of thiophene rings is 1. The summed E-state index contributed by atoms with van der Waals surface area (Å²) in [4.78, 5) is 16.5. The summed E-state index contributed by atoms with van der Waals surface area (Å²) in [5, 5.41) is 5.50. The fraction of sp³-hybridized carbons (Fsp3) is 0.600. The van der Waals surface area contributed by atoms with Crippen LogP contribution in [-0.4, -0.2) is 22.1 Å². The molecule has 0 atom stereocenters. The minimum Gasteiger partial charge on any atom is -0.312 e. The van der Waals surface area contributed by atoms with E-state index in [9.17, 15) is 4.79 Å². The molecular weight excluding hydrogens is 270 g/mol. The molecule has 2 aromatic heterocycles. The van der Waals surface area contributed by atoms with Crippen molar-refractivity contribution < 1.29 is 0 Å². The van der Waals surface area contributed by atoms with E-state index in [-0.39, 0.29) is 5.56 Å². The third-order valence-electron chi connectivity index (χ3n) is 4.24. The summed E-state index contributed by atoms with van der Waals surface area (Å²) in [7, 11) is 0. The van der Waals surface area contributed by atoms with Gasteiger partial charge < -0.3 is 5.32 Å². The number of nitrogens with one attached hydrogen (secondary N) is 1. The first-order valence-electron chi connectivity index (χ1n) is 7.40. The van der Waals surface area contributed by atoms with Crippen molar-refractivity contribution in [3.8, 4) is 0 Å². The van der Waals surface area contributed by atoms with Gasteiger partial charge in [0.2, 0.25) is 0 Å². The van der Waals surface area contributed by atoms with E-state index in [1.165, 1.54) is 37.0 Å². The Morgan fingerprint density at radius 3 is 3.00 bits per heavy atom. The molecule has 0 bridgehead atoms. The molecule has 3 rings (SSSR count). The fourth-order valence-electron chi connectivity index (χ4n) is 2.89. The third-order valence-corrected chi connectivity index (χ3v) is 5.13. The maximum atomic E-state index is 12.2. The summed E-state index contributed by atoms with van der Waals surface area (Å²) in [5.41, 5.74) is 0.898. The number of nitrogens with zero attached hydrogens (tertiary/aromatic N) is 2. The molecule has 1 saturated carbocycles. The van der Waals surface area contributed by atoms with Crippen LogP contribution < -0.4 is 10.9 Å². The SMILES string of the molecule is CC1CCC(NCCn2cnc3ccsc3c2=O)CC1. The molecule has 1 aliphatic rings. The van der Waals surface area contributed by atoms with Crippen LogP contribution in [0.5, 0.6) is 0 Å². The quantitative estimate of drug-likeness (QED) is 0.942. The van der Waals surface area contributed by atoms with Crippen molar-refractivity contribution in [2.75, 3.05) is 6.54 Å². The van der Waals surface area contributed by atoms with Crippen molar-refractivity contribution in [1.29, 1.82) is 0 Å². The fourth-order valence-corrected chi connectivity index (χ4v) is 3.68. The molecule has 2 aromatic rings. The van der Waals surface area contributed by atoms with Crippen molar-refractivity contribution in [2.24, 2.45) is 5.92 Å². The first kappa shape index (κ1) is 13.8. The molecule has 108 valence electrons. The molecule has 0 aliphatic heterocycles. The largest absolute Gasteiger partial charge is 0.312 e. The Hall–Kier alpha value is -1.20. The molecule has 0 unspecified atom stereocenters. The van der Waals surface area contributed by atoms with Crippen LogP contribution in [0.2, 0.25) is 0 Å². The predicted octanol–water partition coefficient (Wildman–Crippen LogP) is 2.63. The van der Waals surface area contributed by atoms with E-state index in [1.54, 1.807) is 10.9 Å².